The van der Waals surface area contributed by atoms with Gasteiger partial charge in [0.25, 0.3) is 0 Å². The molecule has 2 aromatic carbocycles. The van der Waals surface area contributed by atoms with Crippen molar-refractivity contribution in [2.24, 2.45) is 0 Å². The Balaban J connectivity index is 1.37. The first-order valence-corrected chi connectivity index (χ1v) is 10.8. The molecule has 0 aliphatic heterocycles. The van der Waals surface area contributed by atoms with Gasteiger partial charge in [0.2, 0.25) is 0 Å². The van der Waals surface area contributed by atoms with Crippen LogP contribution in [0, 0.1) is 0 Å². The smallest absolute Gasteiger partial charge is 0.137 e. The summed E-state index contributed by atoms with van der Waals surface area (Å²) in [7, 11) is 0. The third kappa shape index (κ3) is 4.08. The normalized spacial score (nSPS) is 11.1. The van der Waals surface area contributed by atoms with E-state index in [-0.39, 0.29) is 0 Å². The third-order valence-corrected chi connectivity index (χ3v) is 5.86. The molecule has 148 valence electrons. The standard InChI is InChI=1S/C24H18ClN3OS/c25-19-9-10-22(29-15-17-6-2-1-3-7-17)18(12-19)13-24-27-21(16-30-24)20-14-28-11-5-4-8-23(28)26-20/h1-12,14,16H,13,15H2. The van der Waals surface area contributed by atoms with E-state index in [2.05, 4.69) is 17.1 Å². The van der Waals surface area contributed by atoms with E-state index < -0.39 is 0 Å². The number of hydrogen-bond acceptors (Lipinski definition) is 4. The fourth-order valence-corrected chi connectivity index (χ4v) is 4.30. The van der Waals surface area contributed by atoms with Crippen molar-refractivity contribution in [1.29, 1.82) is 0 Å². The van der Waals surface area contributed by atoms with Crippen LogP contribution in [0.1, 0.15) is 16.1 Å². The molecule has 4 nitrogen and oxygen atoms in total. The van der Waals surface area contributed by atoms with Gasteiger partial charge < -0.3 is 9.14 Å². The summed E-state index contributed by atoms with van der Waals surface area (Å²) in [5, 5.41) is 3.73. The molecule has 0 aliphatic carbocycles. The average molecular weight is 432 g/mol. The predicted molar refractivity (Wildman–Crippen MR) is 121 cm³/mol. The minimum atomic E-state index is 0.514. The highest BCUT2D eigenvalue weighted by Gasteiger charge is 2.12. The van der Waals surface area contributed by atoms with E-state index in [4.69, 9.17) is 21.3 Å². The monoisotopic (exact) mass is 431 g/mol. The Morgan fingerprint density at radius 3 is 2.67 bits per heavy atom. The van der Waals surface area contributed by atoms with E-state index in [1.54, 1.807) is 11.3 Å². The van der Waals surface area contributed by atoms with Gasteiger partial charge in [-0.15, -0.1) is 11.3 Å². The number of hydrogen-bond donors (Lipinski definition) is 0. The van der Waals surface area contributed by atoms with Crippen LogP contribution >= 0.6 is 22.9 Å². The number of thiazole rings is 1. The van der Waals surface area contributed by atoms with Gasteiger partial charge in [0.05, 0.1) is 5.01 Å². The first kappa shape index (κ1) is 18.9. The summed E-state index contributed by atoms with van der Waals surface area (Å²) in [5.41, 5.74) is 4.81. The number of imidazole rings is 1. The minimum Gasteiger partial charge on any atom is -0.489 e. The zero-order chi connectivity index (χ0) is 20.3. The molecule has 5 aromatic rings. The van der Waals surface area contributed by atoms with Gasteiger partial charge in [-0.1, -0.05) is 48.0 Å². The molecule has 0 aliphatic rings. The van der Waals surface area contributed by atoms with Crippen LogP contribution in [0.15, 0.2) is 84.5 Å². The Morgan fingerprint density at radius 2 is 1.80 bits per heavy atom. The second-order valence-corrected chi connectivity index (χ2v) is 8.30. The maximum atomic E-state index is 6.26. The second kappa shape index (κ2) is 8.30. The summed E-state index contributed by atoms with van der Waals surface area (Å²) in [6, 6.07) is 21.8. The quantitative estimate of drug-likeness (QED) is 0.317. The molecule has 5 rings (SSSR count). The number of nitrogens with zero attached hydrogens (tertiary/aromatic N) is 3. The predicted octanol–water partition coefficient (Wildman–Crippen LogP) is 6.28. The Kier molecular flexibility index (Phi) is 5.22. The lowest BCUT2D eigenvalue weighted by atomic mass is 10.1. The number of rotatable bonds is 6. The lowest BCUT2D eigenvalue weighted by molar-refractivity contribution is 0.303. The Bertz CT molecular complexity index is 1260. The van der Waals surface area contributed by atoms with Gasteiger partial charge in [-0.2, -0.15) is 0 Å². The highest BCUT2D eigenvalue weighted by molar-refractivity contribution is 7.10. The Labute approximate surface area is 183 Å². The summed E-state index contributed by atoms with van der Waals surface area (Å²) < 4.78 is 8.09. The molecule has 0 unspecified atom stereocenters. The van der Waals surface area contributed by atoms with Crippen molar-refractivity contribution >= 4 is 28.6 Å². The number of halogens is 1. The number of ether oxygens (including phenoxy) is 1. The van der Waals surface area contributed by atoms with Crippen molar-refractivity contribution < 1.29 is 4.74 Å². The minimum absolute atomic E-state index is 0.514. The van der Waals surface area contributed by atoms with Crippen LogP contribution in [0.3, 0.4) is 0 Å². The van der Waals surface area contributed by atoms with Crippen LogP contribution < -0.4 is 4.74 Å². The van der Waals surface area contributed by atoms with Crippen molar-refractivity contribution in [3.05, 3.63) is 106 Å². The van der Waals surface area contributed by atoms with Gasteiger partial charge in [0, 0.05) is 34.8 Å². The van der Waals surface area contributed by atoms with Gasteiger partial charge in [0.1, 0.15) is 29.4 Å². The van der Waals surface area contributed by atoms with E-state index in [1.807, 2.05) is 76.8 Å². The van der Waals surface area contributed by atoms with E-state index >= 15 is 0 Å². The summed E-state index contributed by atoms with van der Waals surface area (Å²) >= 11 is 7.88. The molecular weight excluding hydrogens is 414 g/mol. The van der Waals surface area contributed by atoms with Crippen molar-refractivity contribution in [3.8, 4) is 17.1 Å². The van der Waals surface area contributed by atoms with E-state index in [9.17, 15) is 0 Å². The van der Waals surface area contributed by atoms with Crippen LogP contribution in [-0.4, -0.2) is 14.4 Å². The topological polar surface area (TPSA) is 39.4 Å². The van der Waals surface area contributed by atoms with Crippen LogP contribution in [0.25, 0.3) is 17.0 Å². The van der Waals surface area contributed by atoms with Crippen molar-refractivity contribution in [1.82, 2.24) is 14.4 Å². The first-order chi connectivity index (χ1) is 14.7. The molecule has 0 spiro atoms. The summed E-state index contributed by atoms with van der Waals surface area (Å²) in [5.74, 6) is 0.827. The highest BCUT2D eigenvalue weighted by Crippen LogP contribution is 2.29. The van der Waals surface area contributed by atoms with E-state index in [1.165, 1.54) is 0 Å². The van der Waals surface area contributed by atoms with Crippen LogP contribution in [-0.2, 0) is 13.0 Å². The third-order valence-electron chi connectivity index (χ3n) is 4.78. The molecule has 0 bridgehead atoms. The van der Waals surface area contributed by atoms with Crippen LogP contribution in [0.2, 0.25) is 5.02 Å². The van der Waals surface area contributed by atoms with Gasteiger partial charge in [-0.3, -0.25) is 0 Å². The molecule has 0 radical (unpaired) electrons. The first-order valence-electron chi connectivity index (χ1n) is 9.58. The summed E-state index contributed by atoms with van der Waals surface area (Å²) in [4.78, 5) is 9.46. The molecular formula is C24H18ClN3OS. The molecule has 3 heterocycles. The molecule has 0 atom stereocenters. The van der Waals surface area contributed by atoms with Crippen LogP contribution in [0.5, 0.6) is 5.75 Å². The largest absolute Gasteiger partial charge is 0.489 e. The lowest BCUT2D eigenvalue weighted by Gasteiger charge is -2.11. The van der Waals surface area contributed by atoms with Crippen molar-refractivity contribution in [3.63, 3.8) is 0 Å². The molecule has 6 heteroatoms. The fraction of sp³-hybridized carbons (Fsp3) is 0.0833. The van der Waals surface area contributed by atoms with Crippen molar-refractivity contribution in [2.45, 2.75) is 13.0 Å². The van der Waals surface area contributed by atoms with Gasteiger partial charge in [0.15, 0.2) is 0 Å². The number of fused-ring (bicyclic) bond motifs is 1. The maximum absolute atomic E-state index is 6.26. The average Bonchev–Trinajstić information content (AvgIpc) is 3.41. The fourth-order valence-electron chi connectivity index (χ4n) is 3.29. The lowest BCUT2D eigenvalue weighted by Crippen LogP contribution is -1.99. The molecule has 3 aromatic heterocycles. The summed E-state index contributed by atoms with van der Waals surface area (Å²) in [6.45, 7) is 0.514. The van der Waals surface area contributed by atoms with Gasteiger partial charge >= 0.3 is 0 Å². The molecule has 30 heavy (non-hydrogen) atoms. The molecule has 0 amide bonds. The number of pyridine rings is 1. The number of aromatic nitrogens is 3. The highest BCUT2D eigenvalue weighted by atomic mass is 35.5. The maximum Gasteiger partial charge on any atom is 0.137 e. The Hall–Kier alpha value is -3.15. The molecule has 0 saturated heterocycles. The molecule has 0 N–H and O–H groups in total. The molecule has 0 saturated carbocycles. The van der Waals surface area contributed by atoms with Crippen molar-refractivity contribution in [2.75, 3.05) is 0 Å². The zero-order valence-corrected chi connectivity index (χ0v) is 17.6. The molecule has 0 fully saturated rings. The van der Waals surface area contributed by atoms with E-state index in [0.29, 0.717) is 18.1 Å². The second-order valence-electron chi connectivity index (χ2n) is 6.92. The van der Waals surface area contributed by atoms with Gasteiger partial charge in [-0.05, 0) is 35.9 Å². The van der Waals surface area contributed by atoms with Gasteiger partial charge in [-0.25, -0.2) is 9.97 Å². The zero-order valence-electron chi connectivity index (χ0n) is 16.0. The van der Waals surface area contributed by atoms with Crippen LogP contribution in [0.4, 0.5) is 0 Å². The SMILES string of the molecule is Clc1ccc(OCc2ccccc2)c(Cc2nc(-c3cn4ccccc4n3)cs2)c1. The Morgan fingerprint density at radius 1 is 0.933 bits per heavy atom. The number of benzene rings is 2. The van der Waals surface area contributed by atoms with E-state index in [0.717, 1.165) is 38.9 Å². The summed E-state index contributed by atoms with van der Waals surface area (Å²) in [6.07, 6.45) is 4.64.